The maximum Gasteiger partial charge on any atom is 0.339 e. The predicted octanol–water partition coefficient (Wildman–Crippen LogP) is 4.64. The van der Waals surface area contributed by atoms with Crippen LogP contribution in [0, 0.1) is 0 Å². The SMILES string of the molecule is CCOc1cc2cc(C(=O)OC)c(C(=O)OC)c(-c3ccnc(Br)c3)c2cc1OC. The molecule has 3 aromatic rings. The molecule has 0 spiro atoms. The zero-order valence-corrected chi connectivity index (χ0v) is 18.5. The Kier molecular flexibility index (Phi) is 6.56. The number of aromatic nitrogens is 1. The molecule has 0 amide bonds. The van der Waals surface area contributed by atoms with Gasteiger partial charge in [-0.2, -0.15) is 0 Å². The molecule has 0 aliphatic carbocycles. The Hall–Kier alpha value is -3.13. The summed E-state index contributed by atoms with van der Waals surface area (Å²) >= 11 is 3.36. The summed E-state index contributed by atoms with van der Waals surface area (Å²) in [6.45, 7) is 2.31. The zero-order valence-electron chi connectivity index (χ0n) is 16.9. The van der Waals surface area contributed by atoms with Gasteiger partial charge in [0.05, 0.1) is 39.1 Å². The highest BCUT2D eigenvalue weighted by Crippen LogP contribution is 2.41. The number of methoxy groups -OCH3 is 3. The van der Waals surface area contributed by atoms with Crippen molar-refractivity contribution in [2.45, 2.75) is 6.92 Å². The summed E-state index contributed by atoms with van der Waals surface area (Å²) in [4.78, 5) is 29.5. The van der Waals surface area contributed by atoms with Crippen LogP contribution in [0.25, 0.3) is 21.9 Å². The Morgan fingerprint density at radius 1 is 1.00 bits per heavy atom. The molecule has 0 radical (unpaired) electrons. The van der Waals surface area contributed by atoms with Crippen LogP contribution in [0.3, 0.4) is 0 Å². The smallest absolute Gasteiger partial charge is 0.339 e. The van der Waals surface area contributed by atoms with E-state index in [1.54, 1.807) is 36.5 Å². The van der Waals surface area contributed by atoms with E-state index in [0.717, 1.165) is 0 Å². The minimum absolute atomic E-state index is 0.0902. The van der Waals surface area contributed by atoms with Crippen molar-refractivity contribution >= 4 is 38.6 Å². The highest BCUT2D eigenvalue weighted by Gasteiger charge is 2.27. The molecular formula is C22H20BrNO6. The fourth-order valence-electron chi connectivity index (χ4n) is 3.28. The van der Waals surface area contributed by atoms with Gasteiger partial charge in [0.25, 0.3) is 0 Å². The van der Waals surface area contributed by atoms with Crippen molar-refractivity contribution in [2.75, 3.05) is 27.9 Å². The number of nitrogens with zero attached hydrogens (tertiary/aromatic N) is 1. The van der Waals surface area contributed by atoms with Crippen LogP contribution in [0.4, 0.5) is 0 Å². The average Bonchev–Trinajstić information content (AvgIpc) is 2.76. The second kappa shape index (κ2) is 9.13. The number of fused-ring (bicyclic) bond motifs is 1. The molecule has 1 heterocycles. The monoisotopic (exact) mass is 473 g/mol. The second-order valence-corrected chi connectivity index (χ2v) is 6.99. The molecule has 0 aliphatic rings. The van der Waals surface area contributed by atoms with Crippen molar-refractivity contribution in [3.63, 3.8) is 0 Å². The third-order valence-corrected chi connectivity index (χ3v) is 4.97. The first-order valence-electron chi connectivity index (χ1n) is 9.05. The third-order valence-electron chi connectivity index (χ3n) is 4.53. The van der Waals surface area contributed by atoms with Gasteiger partial charge in [-0.15, -0.1) is 0 Å². The summed E-state index contributed by atoms with van der Waals surface area (Å²) in [5.41, 5.74) is 1.36. The number of carbonyl (C=O) groups excluding carboxylic acids is 2. The van der Waals surface area contributed by atoms with Crippen molar-refractivity contribution in [3.05, 3.63) is 52.3 Å². The number of hydrogen-bond donors (Lipinski definition) is 0. The Balaban J connectivity index is 2.53. The molecule has 3 rings (SSSR count). The van der Waals surface area contributed by atoms with E-state index in [1.165, 1.54) is 21.3 Å². The molecule has 0 fully saturated rings. The summed E-state index contributed by atoms with van der Waals surface area (Å²) in [5.74, 6) is -0.287. The van der Waals surface area contributed by atoms with Crippen molar-refractivity contribution in [1.82, 2.24) is 4.98 Å². The van der Waals surface area contributed by atoms with Gasteiger partial charge in [0.1, 0.15) is 4.60 Å². The number of ether oxygens (including phenoxy) is 4. The number of hydrogen-bond acceptors (Lipinski definition) is 7. The van der Waals surface area contributed by atoms with Crippen molar-refractivity contribution in [2.24, 2.45) is 0 Å². The molecule has 2 aromatic carbocycles. The molecule has 1 aromatic heterocycles. The van der Waals surface area contributed by atoms with Gasteiger partial charge in [0, 0.05) is 11.8 Å². The van der Waals surface area contributed by atoms with Gasteiger partial charge in [-0.25, -0.2) is 14.6 Å². The average molecular weight is 474 g/mol. The lowest BCUT2D eigenvalue weighted by molar-refractivity contribution is 0.0556. The molecule has 8 heteroatoms. The van der Waals surface area contributed by atoms with Gasteiger partial charge in [-0.1, -0.05) is 0 Å². The normalized spacial score (nSPS) is 10.6. The van der Waals surface area contributed by atoms with Gasteiger partial charge >= 0.3 is 11.9 Å². The molecule has 0 bridgehead atoms. The van der Waals surface area contributed by atoms with Crippen LogP contribution in [0.5, 0.6) is 11.5 Å². The summed E-state index contributed by atoms with van der Waals surface area (Å²) < 4.78 is 21.7. The first kappa shape index (κ1) is 21.6. The van der Waals surface area contributed by atoms with E-state index in [1.807, 2.05) is 6.92 Å². The molecule has 0 saturated heterocycles. The van der Waals surface area contributed by atoms with Crippen LogP contribution in [-0.2, 0) is 9.47 Å². The van der Waals surface area contributed by atoms with Gasteiger partial charge in [0.2, 0.25) is 0 Å². The Morgan fingerprint density at radius 3 is 2.33 bits per heavy atom. The van der Waals surface area contributed by atoms with E-state index >= 15 is 0 Å². The Labute approximate surface area is 182 Å². The van der Waals surface area contributed by atoms with Crippen molar-refractivity contribution < 1.29 is 28.5 Å². The number of rotatable bonds is 6. The highest BCUT2D eigenvalue weighted by atomic mass is 79.9. The third kappa shape index (κ3) is 3.95. The molecule has 0 aliphatic heterocycles. The Bertz CT molecular complexity index is 1130. The second-order valence-electron chi connectivity index (χ2n) is 6.18. The summed E-state index contributed by atoms with van der Waals surface area (Å²) in [6, 6.07) is 8.64. The number of benzene rings is 2. The molecule has 7 nitrogen and oxygen atoms in total. The summed E-state index contributed by atoms with van der Waals surface area (Å²) in [5, 5.41) is 1.36. The Morgan fingerprint density at radius 2 is 1.73 bits per heavy atom. The lowest BCUT2D eigenvalue weighted by Gasteiger charge is -2.18. The van der Waals surface area contributed by atoms with Crippen LogP contribution >= 0.6 is 15.9 Å². The maximum absolute atomic E-state index is 12.8. The van der Waals surface area contributed by atoms with Crippen LogP contribution in [-0.4, -0.2) is 44.9 Å². The van der Waals surface area contributed by atoms with E-state index < -0.39 is 11.9 Å². The van der Waals surface area contributed by atoms with E-state index in [-0.39, 0.29) is 11.1 Å². The molecule has 0 atom stereocenters. The van der Waals surface area contributed by atoms with Gasteiger partial charge in [-0.3, -0.25) is 0 Å². The van der Waals surface area contributed by atoms with Gasteiger partial charge in [0.15, 0.2) is 11.5 Å². The minimum atomic E-state index is -0.659. The topological polar surface area (TPSA) is 84.0 Å². The van der Waals surface area contributed by atoms with Crippen LogP contribution in [0.2, 0.25) is 0 Å². The van der Waals surface area contributed by atoms with Gasteiger partial charge in [-0.05, 0) is 69.5 Å². The summed E-state index contributed by atoms with van der Waals surface area (Å²) in [7, 11) is 4.06. The van der Waals surface area contributed by atoms with Crippen molar-refractivity contribution in [1.29, 1.82) is 0 Å². The van der Waals surface area contributed by atoms with Crippen molar-refractivity contribution in [3.8, 4) is 22.6 Å². The number of halogens is 1. The van der Waals surface area contributed by atoms with Crippen LogP contribution < -0.4 is 9.47 Å². The van der Waals surface area contributed by atoms with E-state index in [0.29, 0.717) is 44.6 Å². The number of pyridine rings is 1. The standard InChI is InChI=1S/C22H20BrNO6/c1-5-30-17-9-13-8-15(21(25)28-3)20(22(26)29-4)19(14(13)11-16(17)27-2)12-6-7-24-18(23)10-12/h6-11H,5H2,1-4H3. The lowest BCUT2D eigenvalue weighted by Crippen LogP contribution is -2.14. The van der Waals surface area contributed by atoms with Crippen LogP contribution in [0.1, 0.15) is 27.6 Å². The largest absolute Gasteiger partial charge is 0.493 e. The molecule has 0 unspecified atom stereocenters. The predicted molar refractivity (Wildman–Crippen MR) is 115 cm³/mol. The number of carbonyl (C=O) groups is 2. The van der Waals surface area contributed by atoms with Crippen LogP contribution in [0.15, 0.2) is 41.1 Å². The molecule has 0 N–H and O–H groups in total. The molecular weight excluding hydrogens is 454 g/mol. The first-order chi connectivity index (χ1) is 14.4. The quantitative estimate of drug-likeness (QED) is 0.380. The molecule has 156 valence electrons. The number of esters is 2. The highest BCUT2D eigenvalue weighted by molar-refractivity contribution is 9.10. The lowest BCUT2D eigenvalue weighted by atomic mass is 9.89. The fraction of sp³-hybridized carbons (Fsp3) is 0.227. The van der Waals surface area contributed by atoms with E-state index in [9.17, 15) is 9.59 Å². The molecule has 0 saturated carbocycles. The minimum Gasteiger partial charge on any atom is -0.493 e. The molecule has 30 heavy (non-hydrogen) atoms. The van der Waals surface area contributed by atoms with E-state index in [2.05, 4.69) is 20.9 Å². The first-order valence-corrected chi connectivity index (χ1v) is 9.84. The summed E-state index contributed by atoms with van der Waals surface area (Å²) in [6.07, 6.45) is 1.60. The maximum atomic E-state index is 12.8. The zero-order chi connectivity index (χ0) is 21.8. The van der Waals surface area contributed by atoms with E-state index in [4.69, 9.17) is 18.9 Å². The van der Waals surface area contributed by atoms with Gasteiger partial charge < -0.3 is 18.9 Å². The fourth-order valence-corrected chi connectivity index (χ4v) is 3.64.